The Hall–Kier alpha value is -2.20. The van der Waals surface area contributed by atoms with E-state index in [2.05, 4.69) is 73.0 Å². The van der Waals surface area contributed by atoms with Crippen LogP contribution in [0.15, 0.2) is 48.5 Å². The van der Waals surface area contributed by atoms with Gasteiger partial charge in [-0.3, -0.25) is 0 Å². The highest BCUT2D eigenvalue weighted by Gasteiger charge is 2.14. The maximum absolute atomic E-state index is 6.53. The van der Waals surface area contributed by atoms with E-state index in [0.717, 1.165) is 69.1 Å². The average Bonchev–Trinajstić information content (AvgIpc) is 2.73. The Balaban J connectivity index is 2.06. The molecule has 2 N–H and O–H groups in total. The smallest absolute Gasteiger partial charge is 0.144 e. The molecule has 0 aromatic heterocycles. The van der Waals surface area contributed by atoms with E-state index in [1.165, 1.54) is 5.56 Å². The predicted octanol–water partition coefficient (Wildman–Crippen LogP) is 5.19. The molecular weight excluding hydrogens is 346 g/mol. The van der Waals surface area contributed by atoms with Crippen LogP contribution < -0.4 is 15.4 Å². The number of nitrogens with zero attached hydrogens (tertiary/aromatic N) is 2. The van der Waals surface area contributed by atoms with Crippen LogP contribution >= 0.6 is 0 Å². The van der Waals surface area contributed by atoms with Crippen LogP contribution in [-0.2, 0) is 6.54 Å². The second kappa shape index (κ2) is 12.3. The van der Waals surface area contributed by atoms with E-state index in [1.54, 1.807) is 0 Å². The molecule has 154 valence electrons. The van der Waals surface area contributed by atoms with Gasteiger partial charge in [0.05, 0.1) is 18.0 Å². The Bertz CT molecular complexity index is 671. The summed E-state index contributed by atoms with van der Waals surface area (Å²) in [6, 6.07) is 16.7. The molecule has 0 atom stereocenters. The minimum atomic E-state index is 0.692. The van der Waals surface area contributed by atoms with Crippen molar-refractivity contribution in [2.75, 3.05) is 43.4 Å². The van der Waals surface area contributed by atoms with Crippen molar-refractivity contribution in [2.24, 2.45) is 0 Å². The number of hydrogen-bond donors (Lipinski definition) is 1. The van der Waals surface area contributed by atoms with Crippen molar-refractivity contribution < 1.29 is 4.74 Å². The molecule has 0 saturated heterocycles. The SMILES string of the molecule is CCCCN(Cc1ccccc1)c1cccc(OCCCN(CC)CC)c1N. The Morgan fingerprint density at radius 3 is 2.29 bits per heavy atom. The van der Waals surface area contributed by atoms with Gasteiger partial charge in [-0.15, -0.1) is 0 Å². The van der Waals surface area contributed by atoms with Crippen molar-refractivity contribution in [1.29, 1.82) is 0 Å². The van der Waals surface area contributed by atoms with Gasteiger partial charge in [0.25, 0.3) is 0 Å². The summed E-state index contributed by atoms with van der Waals surface area (Å²) in [7, 11) is 0. The molecule has 0 unspecified atom stereocenters. The number of unbranched alkanes of at least 4 members (excludes halogenated alkanes) is 1. The zero-order valence-electron chi connectivity index (χ0n) is 17.9. The van der Waals surface area contributed by atoms with E-state index in [4.69, 9.17) is 10.5 Å². The van der Waals surface area contributed by atoms with Crippen LogP contribution in [0.1, 0.15) is 45.6 Å². The highest BCUT2D eigenvalue weighted by Crippen LogP contribution is 2.33. The van der Waals surface area contributed by atoms with E-state index in [9.17, 15) is 0 Å². The van der Waals surface area contributed by atoms with E-state index < -0.39 is 0 Å². The van der Waals surface area contributed by atoms with Gasteiger partial charge < -0.3 is 20.3 Å². The third-order valence-electron chi connectivity index (χ3n) is 5.15. The molecule has 0 bridgehead atoms. The summed E-state index contributed by atoms with van der Waals surface area (Å²) in [5.41, 5.74) is 9.64. The minimum Gasteiger partial charge on any atom is -0.491 e. The standard InChI is InChI=1S/C24H37N3O/c1-4-7-18-27(20-21-13-9-8-10-14-21)22-15-11-16-23(24(22)25)28-19-12-17-26(5-2)6-3/h8-11,13-16H,4-7,12,17-20,25H2,1-3H3. The number of hydrogen-bond acceptors (Lipinski definition) is 4. The first kappa shape index (κ1) is 22.1. The lowest BCUT2D eigenvalue weighted by Gasteiger charge is -2.27. The number of rotatable bonds is 13. The summed E-state index contributed by atoms with van der Waals surface area (Å²) in [4.78, 5) is 4.78. The van der Waals surface area contributed by atoms with Crippen molar-refractivity contribution in [3.8, 4) is 5.75 Å². The molecule has 0 aliphatic rings. The van der Waals surface area contributed by atoms with Gasteiger partial charge in [-0.2, -0.15) is 0 Å². The molecule has 0 radical (unpaired) electrons. The molecule has 2 aromatic rings. The summed E-state index contributed by atoms with van der Waals surface area (Å²) in [6.45, 7) is 12.4. The highest BCUT2D eigenvalue weighted by molar-refractivity contribution is 5.74. The zero-order valence-corrected chi connectivity index (χ0v) is 17.9. The maximum atomic E-state index is 6.53. The van der Waals surface area contributed by atoms with Crippen LogP contribution in [0.25, 0.3) is 0 Å². The van der Waals surface area contributed by atoms with E-state index in [0.29, 0.717) is 6.61 Å². The summed E-state index contributed by atoms with van der Waals surface area (Å²) in [6.07, 6.45) is 3.31. The molecule has 2 aromatic carbocycles. The van der Waals surface area contributed by atoms with Crippen molar-refractivity contribution in [3.05, 3.63) is 54.1 Å². The Labute approximate surface area is 171 Å². The van der Waals surface area contributed by atoms with Gasteiger partial charge in [-0.25, -0.2) is 0 Å². The molecule has 0 aliphatic heterocycles. The van der Waals surface area contributed by atoms with Crippen LogP contribution in [0.2, 0.25) is 0 Å². The first-order valence-corrected chi connectivity index (χ1v) is 10.7. The fourth-order valence-electron chi connectivity index (χ4n) is 3.38. The molecule has 4 nitrogen and oxygen atoms in total. The third-order valence-corrected chi connectivity index (χ3v) is 5.15. The quantitative estimate of drug-likeness (QED) is 0.382. The second-order valence-corrected chi connectivity index (χ2v) is 7.18. The van der Waals surface area contributed by atoms with Gasteiger partial charge >= 0.3 is 0 Å². The van der Waals surface area contributed by atoms with Gasteiger partial charge in [0, 0.05) is 19.6 Å². The number of nitrogen functional groups attached to an aromatic ring is 1. The van der Waals surface area contributed by atoms with Gasteiger partial charge in [0.1, 0.15) is 5.75 Å². The largest absolute Gasteiger partial charge is 0.491 e. The maximum Gasteiger partial charge on any atom is 0.144 e. The van der Waals surface area contributed by atoms with Crippen LogP contribution in [0, 0.1) is 0 Å². The van der Waals surface area contributed by atoms with E-state index >= 15 is 0 Å². The van der Waals surface area contributed by atoms with Crippen molar-refractivity contribution in [3.63, 3.8) is 0 Å². The van der Waals surface area contributed by atoms with E-state index in [1.807, 2.05) is 6.07 Å². The Morgan fingerprint density at radius 2 is 1.61 bits per heavy atom. The normalized spacial score (nSPS) is 11.0. The van der Waals surface area contributed by atoms with Crippen molar-refractivity contribution in [1.82, 2.24) is 4.90 Å². The lowest BCUT2D eigenvalue weighted by molar-refractivity contribution is 0.250. The molecule has 0 spiro atoms. The van der Waals surface area contributed by atoms with Crippen molar-refractivity contribution in [2.45, 2.75) is 46.6 Å². The second-order valence-electron chi connectivity index (χ2n) is 7.18. The molecule has 0 fully saturated rings. The molecule has 28 heavy (non-hydrogen) atoms. The topological polar surface area (TPSA) is 41.7 Å². The summed E-state index contributed by atoms with van der Waals surface area (Å²) < 4.78 is 6.04. The predicted molar refractivity (Wildman–Crippen MR) is 121 cm³/mol. The first-order valence-electron chi connectivity index (χ1n) is 10.7. The molecule has 0 heterocycles. The fraction of sp³-hybridized carbons (Fsp3) is 0.500. The molecule has 0 amide bonds. The third kappa shape index (κ3) is 6.75. The number of para-hydroxylation sites is 1. The number of nitrogens with two attached hydrogens (primary N) is 1. The monoisotopic (exact) mass is 383 g/mol. The van der Waals surface area contributed by atoms with Crippen LogP contribution in [0.3, 0.4) is 0 Å². The molecule has 0 aliphatic carbocycles. The van der Waals surface area contributed by atoms with Gasteiger partial charge in [0.2, 0.25) is 0 Å². The fourth-order valence-corrected chi connectivity index (χ4v) is 3.38. The van der Waals surface area contributed by atoms with Crippen LogP contribution in [0.4, 0.5) is 11.4 Å². The summed E-state index contributed by atoms with van der Waals surface area (Å²) in [5, 5.41) is 0. The minimum absolute atomic E-state index is 0.692. The zero-order chi connectivity index (χ0) is 20.2. The first-order chi connectivity index (χ1) is 13.7. The lowest BCUT2D eigenvalue weighted by atomic mass is 10.1. The van der Waals surface area contributed by atoms with Gasteiger partial charge in [0.15, 0.2) is 0 Å². The van der Waals surface area contributed by atoms with Gasteiger partial charge in [-0.05, 0) is 43.6 Å². The molecule has 2 rings (SSSR count). The van der Waals surface area contributed by atoms with E-state index in [-0.39, 0.29) is 0 Å². The van der Waals surface area contributed by atoms with Crippen molar-refractivity contribution >= 4 is 11.4 Å². The molecular formula is C24H37N3O. The Morgan fingerprint density at radius 1 is 0.857 bits per heavy atom. The van der Waals surface area contributed by atoms with Crippen LogP contribution in [-0.4, -0.2) is 37.7 Å². The number of benzene rings is 2. The summed E-state index contributed by atoms with van der Waals surface area (Å²) in [5.74, 6) is 0.798. The van der Waals surface area contributed by atoms with Gasteiger partial charge in [-0.1, -0.05) is 63.6 Å². The lowest BCUT2D eigenvalue weighted by Crippen LogP contribution is -2.25. The number of ether oxygens (including phenoxy) is 1. The molecule has 4 heteroatoms. The van der Waals surface area contributed by atoms with Crippen LogP contribution in [0.5, 0.6) is 5.75 Å². The average molecular weight is 384 g/mol. The Kier molecular flexibility index (Phi) is 9.70. The summed E-state index contributed by atoms with van der Waals surface area (Å²) >= 11 is 0. The highest BCUT2D eigenvalue weighted by atomic mass is 16.5. The molecule has 0 saturated carbocycles. The number of anilines is 2.